The molecular weight excluding hydrogens is 268 g/mol. The van der Waals surface area contributed by atoms with Crippen LogP contribution in [-0.4, -0.2) is 47.7 Å². The first-order chi connectivity index (χ1) is 10.1. The summed E-state index contributed by atoms with van der Waals surface area (Å²) in [7, 11) is 1.92. The third kappa shape index (κ3) is 2.89. The van der Waals surface area contributed by atoms with Gasteiger partial charge in [-0.05, 0) is 31.1 Å². The summed E-state index contributed by atoms with van der Waals surface area (Å²) >= 11 is 0. The molecule has 1 aromatic heterocycles. The average Bonchev–Trinajstić information content (AvgIpc) is 2.93. The number of amides is 1. The molecule has 0 aromatic carbocycles. The van der Waals surface area contributed by atoms with E-state index in [9.17, 15) is 4.79 Å². The highest BCUT2D eigenvalue weighted by atomic mass is 16.4. The van der Waals surface area contributed by atoms with Crippen molar-refractivity contribution in [1.29, 1.82) is 0 Å². The normalized spacial score (nSPS) is 22.1. The summed E-state index contributed by atoms with van der Waals surface area (Å²) in [6, 6.07) is 0.661. The lowest BCUT2D eigenvalue weighted by molar-refractivity contribution is -0.136. The third-order valence-corrected chi connectivity index (χ3v) is 4.88. The largest absolute Gasteiger partial charge is 0.408 e. The lowest BCUT2D eigenvalue weighted by Gasteiger charge is -2.46. The van der Waals surface area contributed by atoms with Crippen molar-refractivity contribution in [2.24, 2.45) is 5.41 Å². The second-order valence-corrected chi connectivity index (χ2v) is 6.47. The Morgan fingerprint density at radius 1 is 1.24 bits per heavy atom. The molecule has 1 amide bonds. The Bertz CT molecular complexity index is 506. The standard InChI is InChI=1S/C15H24N4O2/c1-3-4-12-16-17-14(21-12)19-9-7-15(8-10-19)6-5-13(20)18(2)11-15/h3-11H2,1-2H3. The highest BCUT2D eigenvalue weighted by Gasteiger charge is 2.40. The van der Waals surface area contributed by atoms with E-state index in [0.29, 0.717) is 17.9 Å². The van der Waals surface area contributed by atoms with Gasteiger partial charge in [0.05, 0.1) is 0 Å². The quantitative estimate of drug-likeness (QED) is 0.851. The monoisotopic (exact) mass is 292 g/mol. The van der Waals surface area contributed by atoms with Crippen LogP contribution in [0.5, 0.6) is 0 Å². The Labute approximate surface area is 125 Å². The Morgan fingerprint density at radius 3 is 2.67 bits per heavy atom. The van der Waals surface area contributed by atoms with Gasteiger partial charge in [0.2, 0.25) is 11.8 Å². The van der Waals surface area contributed by atoms with Gasteiger partial charge in [-0.1, -0.05) is 12.0 Å². The molecule has 21 heavy (non-hydrogen) atoms. The van der Waals surface area contributed by atoms with Gasteiger partial charge in [0.15, 0.2) is 0 Å². The number of aromatic nitrogens is 2. The summed E-state index contributed by atoms with van der Waals surface area (Å²) in [6.45, 7) is 4.88. The molecule has 1 aromatic rings. The number of hydrogen-bond acceptors (Lipinski definition) is 5. The second kappa shape index (κ2) is 5.66. The fourth-order valence-electron chi connectivity index (χ4n) is 3.50. The molecule has 0 bridgehead atoms. The van der Waals surface area contributed by atoms with E-state index in [1.807, 2.05) is 11.9 Å². The minimum atomic E-state index is 0.282. The first-order valence-corrected chi connectivity index (χ1v) is 7.93. The zero-order valence-corrected chi connectivity index (χ0v) is 13.0. The molecule has 3 heterocycles. The van der Waals surface area contributed by atoms with E-state index in [1.165, 1.54) is 0 Å². The Hall–Kier alpha value is -1.59. The molecular formula is C15H24N4O2. The Balaban J connectivity index is 1.60. The van der Waals surface area contributed by atoms with Crippen molar-refractivity contribution in [3.8, 4) is 0 Å². The number of rotatable bonds is 3. The maximum Gasteiger partial charge on any atom is 0.318 e. The van der Waals surface area contributed by atoms with Gasteiger partial charge in [0, 0.05) is 39.5 Å². The smallest absolute Gasteiger partial charge is 0.318 e. The highest BCUT2D eigenvalue weighted by molar-refractivity contribution is 5.76. The van der Waals surface area contributed by atoms with Gasteiger partial charge >= 0.3 is 6.01 Å². The Morgan fingerprint density at radius 2 is 2.00 bits per heavy atom. The number of carbonyl (C=O) groups excluding carboxylic acids is 1. The van der Waals surface area contributed by atoms with Crippen LogP contribution in [0, 0.1) is 5.41 Å². The van der Waals surface area contributed by atoms with Gasteiger partial charge in [-0.2, -0.15) is 0 Å². The first-order valence-electron chi connectivity index (χ1n) is 7.93. The minimum Gasteiger partial charge on any atom is -0.408 e. The molecule has 2 saturated heterocycles. The number of aryl methyl sites for hydroxylation is 1. The second-order valence-electron chi connectivity index (χ2n) is 6.47. The van der Waals surface area contributed by atoms with Crippen LogP contribution in [0.3, 0.4) is 0 Å². The molecule has 0 unspecified atom stereocenters. The molecule has 116 valence electrons. The zero-order chi connectivity index (χ0) is 14.9. The van der Waals surface area contributed by atoms with Gasteiger partial charge in [-0.3, -0.25) is 4.79 Å². The van der Waals surface area contributed by atoms with E-state index in [1.54, 1.807) is 0 Å². The van der Waals surface area contributed by atoms with Crippen molar-refractivity contribution in [2.75, 3.05) is 31.6 Å². The average molecular weight is 292 g/mol. The molecule has 6 heteroatoms. The third-order valence-electron chi connectivity index (χ3n) is 4.88. The van der Waals surface area contributed by atoms with Crippen LogP contribution in [0.2, 0.25) is 0 Å². The molecule has 0 radical (unpaired) electrons. The van der Waals surface area contributed by atoms with E-state index in [4.69, 9.17) is 4.42 Å². The van der Waals surface area contributed by atoms with Gasteiger partial charge in [0.25, 0.3) is 0 Å². The van der Waals surface area contributed by atoms with Crippen molar-refractivity contribution in [3.05, 3.63) is 5.89 Å². The first kappa shape index (κ1) is 14.4. The maximum absolute atomic E-state index is 11.7. The van der Waals surface area contributed by atoms with Crippen LogP contribution in [0.25, 0.3) is 0 Å². The molecule has 0 aliphatic carbocycles. The molecule has 0 N–H and O–H groups in total. The van der Waals surface area contributed by atoms with Crippen molar-refractivity contribution >= 4 is 11.9 Å². The van der Waals surface area contributed by atoms with Crippen LogP contribution in [0.1, 0.15) is 44.9 Å². The van der Waals surface area contributed by atoms with Gasteiger partial charge in [-0.15, -0.1) is 5.10 Å². The van der Waals surface area contributed by atoms with Crippen LogP contribution >= 0.6 is 0 Å². The molecule has 2 fully saturated rings. The minimum absolute atomic E-state index is 0.282. The highest BCUT2D eigenvalue weighted by Crippen LogP contribution is 2.40. The van der Waals surface area contributed by atoms with Gasteiger partial charge in [0.1, 0.15) is 0 Å². The summed E-state index contributed by atoms with van der Waals surface area (Å²) in [5, 5.41) is 8.26. The van der Waals surface area contributed by atoms with Crippen LogP contribution < -0.4 is 4.90 Å². The van der Waals surface area contributed by atoms with E-state index in [0.717, 1.165) is 57.6 Å². The van der Waals surface area contributed by atoms with Crippen LogP contribution in [0.4, 0.5) is 6.01 Å². The zero-order valence-electron chi connectivity index (χ0n) is 13.0. The number of piperidine rings is 2. The van der Waals surface area contributed by atoms with E-state index in [2.05, 4.69) is 22.0 Å². The molecule has 3 rings (SSSR count). The predicted octanol–water partition coefficient (Wildman–Crippen LogP) is 1.86. The topological polar surface area (TPSA) is 62.5 Å². The fraction of sp³-hybridized carbons (Fsp3) is 0.800. The lowest BCUT2D eigenvalue weighted by atomic mass is 9.72. The predicted molar refractivity (Wildman–Crippen MR) is 79.0 cm³/mol. The summed E-state index contributed by atoms with van der Waals surface area (Å²) in [6.07, 6.45) is 5.77. The molecule has 2 aliphatic rings. The molecule has 0 atom stereocenters. The van der Waals surface area contributed by atoms with Crippen molar-refractivity contribution in [1.82, 2.24) is 15.1 Å². The van der Waals surface area contributed by atoms with Crippen LogP contribution in [0.15, 0.2) is 4.42 Å². The van der Waals surface area contributed by atoms with Crippen molar-refractivity contribution < 1.29 is 9.21 Å². The summed E-state index contributed by atoms with van der Waals surface area (Å²) < 4.78 is 5.72. The summed E-state index contributed by atoms with van der Waals surface area (Å²) in [4.78, 5) is 15.7. The molecule has 2 aliphatic heterocycles. The molecule has 0 saturated carbocycles. The Kier molecular flexibility index (Phi) is 3.87. The maximum atomic E-state index is 11.7. The van der Waals surface area contributed by atoms with Gasteiger partial charge < -0.3 is 14.2 Å². The van der Waals surface area contributed by atoms with Crippen LogP contribution in [-0.2, 0) is 11.2 Å². The van der Waals surface area contributed by atoms with Gasteiger partial charge in [-0.25, -0.2) is 0 Å². The number of carbonyl (C=O) groups is 1. The number of nitrogens with zero attached hydrogens (tertiary/aromatic N) is 4. The summed E-state index contributed by atoms with van der Waals surface area (Å²) in [5.74, 6) is 1.01. The number of anilines is 1. The SMILES string of the molecule is CCCc1nnc(N2CCC3(CCC(=O)N(C)C3)CC2)o1. The van der Waals surface area contributed by atoms with E-state index >= 15 is 0 Å². The summed E-state index contributed by atoms with van der Waals surface area (Å²) in [5.41, 5.74) is 0.297. The van der Waals surface area contributed by atoms with E-state index in [-0.39, 0.29) is 5.91 Å². The van der Waals surface area contributed by atoms with Crippen molar-refractivity contribution in [3.63, 3.8) is 0 Å². The number of hydrogen-bond donors (Lipinski definition) is 0. The molecule has 1 spiro atoms. The fourth-order valence-corrected chi connectivity index (χ4v) is 3.50. The van der Waals surface area contributed by atoms with E-state index < -0.39 is 0 Å². The molecule has 6 nitrogen and oxygen atoms in total. The van der Waals surface area contributed by atoms with Crippen molar-refractivity contribution in [2.45, 2.75) is 45.4 Å². The lowest BCUT2D eigenvalue weighted by Crippen LogP contribution is -2.50. The number of likely N-dealkylation sites (tertiary alicyclic amines) is 1.